The summed E-state index contributed by atoms with van der Waals surface area (Å²) in [5.74, 6) is 0.915. The second-order valence-electron chi connectivity index (χ2n) is 4.28. The van der Waals surface area contributed by atoms with E-state index >= 15 is 0 Å². The van der Waals surface area contributed by atoms with Crippen LogP contribution in [-0.4, -0.2) is 45.7 Å². The molecule has 2 aromatic rings. The average molecular weight is 231 g/mol. The Morgan fingerprint density at radius 3 is 2.65 bits per heavy atom. The Kier molecular flexibility index (Phi) is 3.82. The van der Waals surface area contributed by atoms with E-state index in [-0.39, 0.29) is 0 Å². The maximum absolute atomic E-state index is 4.07. The van der Waals surface area contributed by atoms with E-state index in [1.165, 1.54) is 5.56 Å². The van der Waals surface area contributed by atoms with E-state index in [4.69, 9.17) is 0 Å². The van der Waals surface area contributed by atoms with Crippen LogP contribution in [-0.2, 0) is 13.0 Å². The van der Waals surface area contributed by atoms with Crippen LogP contribution < -0.4 is 0 Å². The number of hydrogen-bond acceptors (Lipinski definition) is 4. The lowest BCUT2D eigenvalue weighted by Crippen LogP contribution is -2.20. The Morgan fingerprint density at radius 2 is 1.94 bits per heavy atom. The summed E-state index contributed by atoms with van der Waals surface area (Å²) in [4.78, 5) is 2.12. The van der Waals surface area contributed by atoms with E-state index < -0.39 is 0 Å². The highest BCUT2D eigenvalue weighted by atomic mass is 15.5. The van der Waals surface area contributed by atoms with Crippen molar-refractivity contribution in [2.75, 3.05) is 20.6 Å². The number of hydrogen-bond donors (Lipinski definition) is 0. The predicted octanol–water partition coefficient (Wildman–Crippen LogP) is 0.825. The van der Waals surface area contributed by atoms with Gasteiger partial charge in [-0.3, -0.25) is 0 Å². The molecule has 0 N–H and O–H groups in total. The second kappa shape index (κ2) is 5.54. The lowest BCUT2D eigenvalue weighted by molar-refractivity contribution is 0.367. The van der Waals surface area contributed by atoms with Crippen LogP contribution in [0, 0.1) is 0 Å². The van der Waals surface area contributed by atoms with Crippen molar-refractivity contribution in [2.45, 2.75) is 13.0 Å². The number of tetrazole rings is 1. The number of aromatic nitrogens is 4. The second-order valence-corrected chi connectivity index (χ2v) is 4.28. The molecule has 0 aliphatic carbocycles. The topological polar surface area (TPSA) is 46.8 Å². The third-order valence-electron chi connectivity index (χ3n) is 2.57. The van der Waals surface area contributed by atoms with Crippen LogP contribution in [0.4, 0.5) is 0 Å². The number of likely N-dealkylation sites (N-methyl/N-ethyl adjacent to an activating group) is 1. The van der Waals surface area contributed by atoms with E-state index in [0.717, 1.165) is 25.3 Å². The molecule has 0 bridgehead atoms. The Bertz CT molecular complexity index is 449. The van der Waals surface area contributed by atoms with Crippen molar-refractivity contribution in [3.8, 4) is 0 Å². The fourth-order valence-corrected chi connectivity index (χ4v) is 1.60. The highest BCUT2D eigenvalue weighted by molar-refractivity contribution is 5.18. The monoisotopic (exact) mass is 231 g/mol. The first-order valence-electron chi connectivity index (χ1n) is 5.69. The van der Waals surface area contributed by atoms with Crippen molar-refractivity contribution in [3.63, 3.8) is 0 Å². The van der Waals surface area contributed by atoms with E-state index in [1.807, 2.05) is 37.0 Å². The third-order valence-corrected chi connectivity index (χ3v) is 2.57. The first-order valence-corrected chi connectivity index (χ1v) is 5.69. The van der Waals surface area contributed by atoms with Crippen LogP contribution in [0.2, 0.25) is 0 Å². The number of nitrogens with zero attached hydrogens (tertiary/aromatic N) is 5. The van der Waals surface area contributed by atoms with Gasteiger partial charge in [-0.05, 0) is 30.1 Å². The third kappa shape index (κ3) is 3.35. The van der Waals surface area contributed by atoms with Gasteiger partial charge in [-0.2, -0.15) is 0 Å². The molecule has 0 fully saturated rings. The quantitative estimate of drug-likeness (QED) is 0.764. The minimum Gasteiger partial charge on any atom is -0.308 e. The van der Waals surface area contributed by atoms with Gasteiger partial charge in [0.1, 0.15) is 0 Å². The molecular formula is C12H17N5. The highest BCUT2D eigenvalue weighted by Crippen LogP contribution is 2.05. The van der Waals surface area contributed by atoms with Gasteiger partial charge in [-0.25, -0.2) is 4.68 Å². The standard InChI is InChI=1S/C12H17N5/c1-16(2)8-9-17-12(13-14-15-17)10-11-6-4-3-5-7-11/h3-7H,8-10H2,1-2H3. The number of rotatable bonds is 5. The van der Waals surface area contributed by atoms with E-state index in [9.17, 15) is 0 Å². The van der Waals surface area contributed by atoms with Crippen molar-refractivity contribution in [1.82, 2.24) is 25.1 Å². The van der Waals surface area contributed by atoms with Crippen molar-refractivity contribution in [2.24, 2.45) is 0 Å². The fraction of sp³-hybridized carbons (Fsp3) is 0.417. The zero-order chi connectivity index (χ0) is 12.1. The first-order chi connectivity index (χ1) is 8.25. The van der Waals surface area contributed by atoms with Crippen LogP contribution in [0.15, 0.2) is 30.3 Å². The van der Waals surface area contributed by atoms with Gasteiger partial charge >= 0.3 is 0 Å². The Morgan fingerprint density at radius 1 is 1.18 bits per heavy atom. The van der Waals surface area contributed by atoms with Crippen LogP contribution in [0.3, 0.4) is 0 Å². The molecule has 17 heavy (non-hydrogen) atoms. The lowest BCUT2D eigenvalue weighted by Gasteiger charge is -2.09. The molecule has 0 radical (unpaired) electrons. The Hall–Kier alpha value is -1.75. The molecule has 1 aromatic carbocycles. The van der Waals surface area contributed by atoms with Crippen LogP contribution in [0.5, 0.6) is 0 Å². The molecule has 0 spiro atoms. The lowest BCUT2D eigenvalue weighted by atomic mass is 10.1. The zero-order valence-corrected chi connectivity index (χ0v) is 10.2. The smallest absolute Gasteiger partial charge is 0.155 e. The van der Waals surface area contributed by atoms with Gasteiger partial charge in [-0.15, -0.1) is 5.10 Å². The molecular weight excluding hydrogens is 214 g/mol. The van der Waals surface area contributed by atoms with Crippen molar-refractivity contribution in [3.05, 3.63) is 41.7 Å². The molecule has 2 rings (SSSR count). The molecule has 0 atom stereocenters. The molecule has 1 aromatic heterocycles. The van der Waals surface area contributed by atoms with E-state index in [0.29, 0.717) is 0 Å². The molecule has 90 valence electrons. The Labute approximate surface area is 101 Å². The molecule has 0 saturated carbocycles. The molecule has 1 heterocycles. The van der Waals surface area contributed by atoms with E-state index in [1.54, 1.807) is 0 Å². The molecule has 5 nitrogen and oxygen atoms in total. The normalized spacial score (nSPS) is 11.0. The van der Waals surface area contributed by atoms with Crippen LogP contribution in [0.1, 0.15) is 11.4 Å². The van der Waals surface area contributed by atoms with Crippen molar-refractivity contribution in [1.29, 1.82) is 0 Å². The van der Waals surface area contributed by atoms with Gasteiger partial charge in [0.15, 0.2) is 5.82 Å². The van der Waals surface area contributed by atoms with Gasteiger partial charge in [0.25, 0.3) is 0 Å². The van der Waals surface area contributed by atoms with E-state index in [2.05, 4.69) is 32.6 Å². The Balaban J connectivity index is 2.04. The molecule has 0 aliphatic heterocycles. The maximum Gasteiger partial charge on any atom is 0.155 e. The number of benzene rings is 1. The van der Waals surface area contributed by atoms with Crippen LogP contribution >= 0.6 is 0 Å². The summed E-state index contributed by atoms with van der Waals surface area (Å²) in [7, 11) is 4.09. The maximum atomic E-state index is 4.07. The van der Waals surface area contributed by atoms with Gasteiger partial charge < -0.3 is 4.90 Å². The molecule has 0 amide bonds. The van der Waals surface area contributed by atoms with Gasteiger partial charge in [-0.1, -0.05) is 30.3 Å². The molecule has 0 unspecified atom stereocenters. The molecule has 0 saturated heterocycles. The summed E-state index contributed by atoms with van der Waals surface area (Å²) in [6.07, 6.45) is 0.779. The minimum absolute atomic E-state index is 0.779. The minimum atomic E-state index is 0.779. The largest absolute Gasteiger partial charge is 0.308 e. The van der Waals surface area contributed by atoms with Gasteiger partial charge in [0, 0.05) is 13.0 Å². The summed E-state index contributed by atoms with van der Waals surface area (Å²) in [6.45, 7) is 1.76. The van der Waals surface area contributed by atoms with Gasteiger partial charge in [0.2, 0.25) is 0 Å². The zero-order valence-electron chi connectivity index (χ0n) is 10.2. The SMILES string of the molecule is CN(C)CCn1nnnc1Cc1ccccc1. The predicted molar refractivity (Wildman–Crippen MR) is 65.6 cm³/mol. The summed E-state index contributed by atoms with van der Waals surface area (Å²) in [5, 5.41) is 11.8. The highest BCUT2D eigenvalue weighted by Gasteiger charge is 2.06. The van der Waals surface area contributed by atoms with Crippen molar-refractivity contribution >= 4 is 0 Å². The summed E-state index contributed by atoms with van der Waals surface area (Å²) >= 11 is 0. The summed E-state index contributed by atoms with van der Waals surface area (Å²) in [6, 6.07) is 10.3. The molecule has 0 aliphatic rings. The van der Waals surface area contributed by atoms with Crippen molar-refractivity contribution < 1.29 is 0 Å². The average Bonchev–Trinajstić information content (AvgIpc) is 2.75. The van der Waals surface area contributed by atoms with Gasteiger partial charge in [0.05, 0.1) is 6.54 Å². The first kappa shape index (κ1) is 11.7. The summed E-state index contributed by atoms with van der Waals surface area (Å²) in [5.41, 5.74) is 1.23. The van der Waals surface area contributed by atoms with Crippen LogP contribution in [0.25, 0.3) is 0 Å². The molecule has 5 heteroatoms. The summed E-state index contributed by atoms with van der Waals surface area (Å²) < 4.78 is 1.87. The fourth-order valence-electron chi connectivity index (χ4n) is 1.60.